The standard InChI is InChI=1S/C9H9NOS2.C7H7Cl/c1-2-11-6-3-4-7-8(5-6)13-9(12)10-7;1-6-2-4-7(8)5-3-6/h3-5H,2H2,1H3,(H,10,12);2-5H,1H3. The predicted molar refractivity (Wildman–Crippen MR) is 94.4 cm³/mol. The first-order valence-electron chi connectivity index (χ1n) is 6.56. The summed E-state index contributed by atoms with van der Waals surface area (Å²) >= 11 is 12.2. The van der Waals surface area contributed by atoms with E-state index in [4.69, 9.17) is 28.6 Å². The third-order valence-corrected chi connectivity index (χ3v) is 4.16. The fraction of sp³-hybridized carbons (Fsp3) is 0.188. The van der Waals surface area contributed by atoms with Gasteiger partial charge in [-0.2, -0.15) is 0 Å². The zero-order valence-corrected chi connectivity index (χ0v) is 14.2. The average Bonchev–Trinajstić information content (AvgIpc) is 2.83. The number of benzene rings is 2. The van der Waals surface area contributed by atoms with Crippen LogP contribution >= 0.6 is 35.2 Å². The van der Waals surface area contributed by atoms with Gasteiger partial charge < -0.3 is 9.72 Å². The van der Waals surface area contributed by atoms with Gasteiger partial charge in [-0.3, -0.25) is 0 Å². The van der Waals surface area contributed by atoms with E-state index >= 15 is 0 Å². The molecule has 1 aromatic heterocycles. The summed E-state index contributed by atoms with van der Waals surface area (Å²) in [5, 5.41) is 0.801. The number of nitrogens with one attached hydrogen (secondary N) is 1. The monoisotopic (exact) mass is 337 g/mol. The quantitative estimate of drug-likeness (QED) is 0.579. The second-order valence-corrected chi connectivity index (χ2v) is 6.56. The molecule has 0 aliphatic heterocycles. The Morgan fingerprint density at radius 2 is 1.90 bits per heavy atom. The Morgan fingerprint density at radius 3 is 2.52 bits per heavy atom. The van der Waals surface area contributed by atoms with Gasteiger partial charge in [-0.1, -0.05) is 29.3 Å². The number of ether oxygens (including phenoxy) is 1. The summed E-state index contributed by atoms with van der Waals surface area (Å²) in [6, 6.07) is 13.7. The van der Waals surface area contributed by atoms with Crippen LogP contribution in [0, 0.1) is 10.9 Å². The van der Waals surface area contributed by atoms with Crippen molar-refractivity contribution in [3.63, 3.8) is 0 Å². The maximum Gasteiger partial charge on any atom is 0.159 e. The van der Waals surface area contributed by atoms with Crippen molar-refractivity contribution in [3.05, 3.63) is 57.0 Å². The van der Waals surface area contributed by atoms with Crippen molar-refractivity contribution in [1.82, 2.24) is 4.98 Å². The minimum absolute atomic E-state index is 0.696. The number of hydrogen-bond donors (Lipinski definition) is 1. The molecular formula is C16H16ClNOS2. The van der Waals surface area contributed by atoms with Gasteiger partial charge in [0.15, 0.2) is 3.95 Å². The molecule has 0 fully saturated rings. The third kappa shape index (κ3) is 4.84. The topological polar surface area (TPSA) is 25.0 Å². The number of H-pyrrole nitrogens is 1. The number of aromatic nitrogens is 1. The van der Waals surface area contributed by atoms with Crippen LogP contribution in [0.25, 0.3) is 10.2 Å². The van der Waals surface area contributed by atoms with Crippen LogP contribution in [0.15, 0.2) is 42.5 Å². The fourth-order valence-electron chi connectivity index (χ4n) is 1.72. The molecule has 5 heteroatoms. The number of aromatic amines is 1. The number of fused-ring (bicyclic) bond motifs is 1. The summed E-state index contributed by atoms with van der Waals surface area (Å²) in [7, 11) is 0. The Kier molecular flexibility index (Phi) is 5.79. The lowest BCUT2D eigenvalue weighted by molar-refractivity contribution is 0.341. The molecule has 0 atom stereocenters. The summed E-state index contributed by atoms with van der Waals surface area (Å²) in [4.78, 5) is 3.11. The number of aryl methyl sites for hydroxylation is 1. The molecule has 1 N–H and O–H groups in total. The highest BCUT2D eigenvalue weighted by Gasteiger charge is 1.98. The van der Waals surface area contributed by atoms with Crippen molar-refractivity contribution in [3.8, 4) is 5.75 Å². The second-order valence-electron chi connectivity index (χ2n) is 4.40. The Balaban J connectivity index is 0.000000173. The van der Waals surface area contributed by atoms with E-state index < -0.39 is 0 Å². The molecule has 0 radical (unpaired) electrons. The summed E-state index contributed by atoms with van der Waals surface area (Å²) < 4.78 is 7.34. The van der Waals surface area contributed by atoms with Crippen LogP contribution in [0.4, 0.5) is 0 Å². The molecule has 110 valence electrons. The van der Waals surface area contributed by atoms with Crippen molar-refractivity contribution in [2.75, 3.05) is 6.61 Å². The number of hydrogen-bond acceptors (Lipinski definition) is 3. The molecule has 0 bridgehead atoms. The molecule has 2 aromatic carbocycles. The van der Waals surface area contributed by atoms with Crippen LogP contribution < -0.4 is 4.74 Å². The maximum atomic E-state index is 5.61. The van der Waals surface area contributed by atoms with E-state index in [0.29, 0.717) is 6.61 Å². The van der Waals surface area contributed by atoms with Gasteiger partial charge in [-0.05, 0) is 56.4 Å². The minimum Gasteiger partial charge on any atom is -0.494 e. The molecule has 1 heterocycles. The van der Waals surface area contributed by atoms with E-state index in [1.807, 2.05) is 56.3 Å². The minimum atomic E-state index is 0.696. The van der Waals surface area contributed by atoms with Crippen LogP contribution in [0.2, 0.25) is 5.02 Å². The van der Waals surface area contributed by atoms with E-state index in [9.17, 15) is 0 Å². The SMILES string of the molecule is CCOc1ccc2[nH]c(=S)sc2c1.Cc1ccc(Cl)cc1. The van der Waals surface area contributed by atoms with Crippen LogP contribution in [0.5, 0.6) is 5.75 Å². The lowest BCUT2D eigenvalue weighted by Crippen LogP contribution is -1.89. The average molecular weight is 338 g/mol. The summed E-state index contributed by atoms with van der Waals surface area (Å²) in [6.07, 6.45) is 0. The maximum absolute atomic E-state index is 5.61. The molecule has 0 saturated carbocycles. The normalized spacial score (nSPS) is 10.0. The molecule has 2 nitrogen and oxygen atoms in total. The van der Waals surface area contributed by atoms with Crippen molar-refractivity contribution < 1.29 is 4.74 Å². The molecule has 3 rings (SSSR count). The predicted octanol–water partition coefficient (Wildman–Crippen LogP) is 6.01. The first-order valence-corrected chi connectivity index (χ1v) is 8.16. The van der Waals surface area contributed by atoms with Crippen LogP contribution in [0.1, 0.15) is 12.5 Å². The third-order valence-electron chi connectivity index (χ3n) is 2.71. The summed E-state index contributed by atoms with van der Waals surface area (Å²) in [5.74, 6) is 0.903. The van der Waals surface area contributed by atoms with Gasteiger partial charge in [0.05, 0.1) is 16.8 Å². The van der Waals surface area contributed by atoms with Crippen molar-refractivity contribution in [2.24, 2.45) is 0 Å². The molecule has 0 unspecified atom stereocenters. The second kappa shape index (κ2) is 7.59. The Bertz CT molecular complexity index is 741. The molecular weight excluding hydrogens is 322 g/mol. The van der Waals surface area contributed by atoms with E-state index in [2.05, 4.69) is 4.98 Å². The number of halogens is 1. The van der Waals surface area contributed by atoms with E-state index in [1.54, 1.807) is 11.3 Å². The van der Waals surface area contributed by atoms with Crippen molar-refractivity contribution in [1.29, 1.82) is 0 Å². The van der Waals surface area contributed by atoms with Gasteiger partial charge in [0.2, 0.25) is 0 Å². The molecule has 0 amide bonds. The summed E-state index contributed by atoms with van der Waals surface area (Å²) in [6.45, 7) is 4.71. The molecule has 0 aliphatic carbocycles. The van der Waals surface area contributed by atoms with E-state index in [0.717, 1.165) is 24.9 Å². The van der Waals surface area contributed by atoms with Gasteiger partial charge >= 0.3 is 0 Å². The van der Waals surface area contributed by atoms with Crippen LogP contribution in [0.3, 0.4) is 0 Å². The Labute approximate surface area is 138 Å². The van der Waals surface area contributed by atoms with Gasteiger partial charge in [0, 0.05) is 5.02 Å². The highest BCUT2D eigenvalue weighted by molar-refractivity contribution is 7.73. The number of thiazole rings is 1. The lowest BCUT2D eigenvalue weighted by atomic mass is 10.2. The van der Waals surface area contributed by atoms with Gasteiger partial charge in [0.25, 0.3) is 0 Å². The highest BCUT2D eigenvalue weighted by atomic mass is 35.5. The van der Waals surface area contributed by atoms with E-state index in [1.165, 1.54) is 5.56 Å². The van der Waals surface area contributed by atoms with Crippen LogP contribution in [-0.2, 0) is 0 Å². The molecule has 0 aliphatic rings. The summed E-state index contributed by atoms with van der Waals surface area (Å²) in [5.41, 5.74) is 2.33. The first kappa shape index (κ1) is 16.0. The van der Waals surface area contributed by atoms with Crippen LogP contribution in [-0.4, -0.2) is 11.6 Å². The van der Waals surface area contributed by atoms with Gasteiger partial charge in [-0.15, -0.1) is 11.3 Å². The van der Waals surface area contributed by atoms with E-state index in [-0.39, 0.29) is 0 Å². The Morgan fingerprint density at radius 1 is 1.19 bits per heavy atom. The van der Waals surface area contributed by atoms with Crippen molar-refractivity contribution in [2.45, 2.75) is 13.8 Å². The fourth-order valence-corrected chi connectivity index (χ4v) is 2.99. The highest BCUT2D eigenvalue weighted by Crippen LogP contribution is 2.24. The van der Waals surface area contributed by atoms with Gasteiger partial charge in [-0.25, -0.2) is 0 Å². The zero-order chi connectivity index (χ0) is 15.2. The lowest BCUT2D eigenvalue weighted by Gasteiger charge is -2.00. The number of rotatable bonds is 2. The largest absolute Gasteiger partial charge is 0.494 e. The van der Waals surface area contributed by atoms with Crippen molar-refractivity contribution >= 4 is 45.4 Å². The molecule has 3 aromatic rings. The smallest absolute Gasteiger partial charge is 0.159 e. The first-order chi connectivity index (χ1) is 10.1. The molecule has 0 saturated heterocycles. The zero-order valence-electron chi connectivity index (χ0n) is 11.9. The van der Waals surface area contributed by atoms with Gasteiger partial charge in [0.1, 0.15) is 5.75 Å². The molecule has 21 heavy (non-hydrogen) atoms. The Hall–Kier alpha value is -1.36. The molecule has 0 spiro atoms.